The number of hydrogen-bond acceptors (Lipinski definition) is 2. The minimum Gasteiger partial charge on any atom is -0.481 e. The lowest BCUT2D eigenvalue weighted by Gasteiger charge is -2.17. The molecule has 0 heterocycles. The van der Waals surface area contributed by atoms with Gasteiger partial charge in [-0.05, 0) is 18.8 Å². The van der Waals surface area contributed by atoms with E-state index in [1.54, 1.807) is 6.92 Å². The van der Waals surface area contributed by atoms with Gasteiger partial charge in [0.2, 0.25) is 5.91 Å². The molecule has 0 spiro atoms. The molecule has 0 aromatic heterocycles. The van der Waals surface area contributed by atoms with E-state index in [-0.39, 0.29) is 18.4 Å². The zero-order valence-electron chi connectivity index (χ0n) is 9.91. The third-order valence-corrected chi connectivity index (χ3v) is 2.53. The first-order valence-electron chi connectivity index (χ1n) is 5.34. The second-order valence-electron chi connectivity index (χ2n) is 4.49. The van der Waals surface area contributed by atoms with Crippen molar-refractivity contribution in [3.05, 3.63) is 0 Å². The smallest absolute Gasteiger partial charge is 0.305 e. The van der Waals surface area contributed by atoms with Crippen LogP contribution in [0.15, 0.2) is 0 Å². The Labute approximate surface area is 91.1 Å². The van der Waals surface area contributed by atoms with Crippen molar-refractivity contribution in [1.82, 2.24) is 5.32 Å². The van der Waals surface area contributed by atoms with Crippen molar-refractivity contribution in [3.63, 3.8) is 0 Å². The quantitative estimate of drug-likeness (QED) is 0.708. The van der Waals surface area contributed by atoms with Crippen LogP contribution in [-0.4, -0.2) is 23.0 Å². The van der Waals surface area contributed by atoms with Gasteiger partial charge in [0.05, 0.1) is 6.42 Å². The van der Waals surface area contributed by atoms with E-state index >= 15 is 0 Å². The Hall–Kier alpha value is -1.06. The minimum atomic E-state index is -0.889. The molecule has 0 aromatic carbocycles. The van der Waals surface area contributed by atoms with E-state index < -0.39 is 5.97 Å². The highest BCUT2D eigenvalue weighted by Gasteiger charge is 2.15. The molecule has 0 aliphatic heterocycles. The third kappa shape index (κ3) is 6.94. The molecule has 0 aromatic rings. The van der Waals surface area contributed by atoms with Crippen molar-refractivity contribution in [2.75, 3.05) is 0 Å². The van der Waals surface area contributed by atoms with Gasteiger partial charge in [0.25, 0.3) is 0 Å². The van der Waals surface area contributed by atoms with Crippen LogP contribution < -0.4 is 5.32 Å². The van der Waals surface area contributed by atoms with E-state index in [1.165, 1.54) is 0 Å². The lowest BCUT2D eigenvalue weighted by atomic mass is 9.94. The molecule has 1 amide bonds. The van der Waals surface area contributed by atoms with Gasteiger partial charge in [0.15, 0.2) is 0 Å². The van der Waals surface area contributed by atoms with E-state index in [9.17, 15) is 9.59 Å². The fraction of sp³-hybridized carbons (Fsp3) is 0.818. The van der Waals surface area contributed by atoms with Gasteiger partial charge >= 0.3 is 5.97 Å². The third-order valence-electron chi connectivity index (χ3n) is 2.53. The largest absolute Gasteiger partial charge is 0.481 e. The number of carboxylic acid groups (broad SMARTS) is 1. The van der Waals surface area contributed by atoms with Crippen LogP contribution in [-0.2, 0) is 9.59 Å². The van der Waals surface area contributed by atoms with Gasteiger partial charge in [-0.15, -0.1) is 0 Å². The summed E-state index contributed by atoms with van der Waals surface area (Å²) in [6.07, 6.45) is 0.434. The van der Waals surface area contributed by atoms with Crippen molar-refractivity contribution < 1.29 is 14.7 Å². The maximum absolute atomic E-state index is 11.4. The predicted octanol–water partition coefficient (Wildman–Crippen LogP) is 1.65. The maximum Gasteiger partial charge on any atom is 0.305 e. The molecule has 2 atom stereocenters. The van der Waals surface area contributed by atoms with E-state index in [0.29, 0.717) is 18.3 Å². The Balaban J connectivity index is 3.88. The van der Waals surface area contributed by atoms with E-state index in [1.807, 2.05) is 6.92 Å². The maximum atomic E-state index is 11.4. The van der Waals surface area contributed by atoms with Gasteiger partial charge in [-0.2, -0.15) is 0 Å². The SMILES string of the molecule is CC(CC(=O)O)NC(=O)CC(C)C(C)C. The molecule has 0 radical (unpaired) electrons. The fourth-order valence-corrected chi connectivity index (χ4v) is 1.17. The summed E-state index contributed by atoms with van der Waals surface area (Å²) in [6, 6.07) is -0.297. The summed E-state index contributed by atoms with van der Waals surface area (Å²) in [5, 5.41) is 11.2. The number of amides is 1. The van der Waals surface area contributed by atoms with Crippen molar-refractivity contribution >= 4 is 11.9 Å². The summed E-state index contributed by atoms with van der Waals surface area (Å²) in [7, 11) is 0. The highest BCUT2D eigenvalue weighted by Crippen LogP contribution is 2.13. The Bertz CT molecular complexity index is 226. The fourth-order valence-electron chi connectivity index (χ4n) is 1.17. The molecule has 0 rings (SSSR count). The van der Waals surface area contributed by atoms with Crippen molar-refractivity contribution in [1.29, 1.82) is 0 Å². The lowest BCUT2D eigenvalue weighted by Crippen LogP contribution is -2.35. The molecule has 15 heavy (non-hydrogen) atoms. The Morgan fingerprint density at radius 2 is 1.67 bits per heavy atom. The summed E-state index contributed by atoms with van der Waals surface area (Å²) >= 11 is 0. The first-order chi connectivity index (χ1) is 6.82. The molecule has 4 nitrogen and oxygen atoms in total. The van der Waals surface area contributed by atoms with Gasteiger partial charge in [0.1, 0.15) is 0 Å². The second kappa shape index (κ2) is 6.43. The first-order valence-corrected chi connectivity index (χ1v) is 5.34. The molecule has 0 aliphatic carbocycles. The number of hydrogen-bond donors (Lipinski definition) is 2. The van der Waals surface area contributed by atoms with Crippen molar-refractivity contribution in [3.8, 4) is 0 Å². The minimum absolute atomic E-state index is 0.0260. The van der Waals surface area contributed by atoms with E-state index in [0.717, 1.165) is 0 Å². The summed E-state index contributed by atoms with van der Waals surface area (Å²) in [5.41, 5.74) is 0. The molecule has 0 fully saturated rings. The number of aliphatic carboxylic acids is 1. The Morgan fingerprint density at radius 1 is 1.13 bits per heavy atom. The van der Waals surface area contributed by atoms with Crippen molar-refractivity contribution in [2.24, 2.45) is 11.8 Å². The van der Waals surface area contributed by atoms with Gasteiger partial charge in [-0.25, -0.2) is 0 Å². The van der Waals surface area contributed by atoms with E-state index in [4.69, 9.17) is 5.11 Å². The predicted molar refractivity (Wildman–Crippen MR) is 58.5 cm³/mol. The zero-order chi connectivity index (χ0) is 12.0. The average molecular weight is 215 g/mol. The summed E-state index contributed by atoms with van der Waals surface area (Å²) in [6.45, 7) is 7.86. The number of rotatable bonds is 6. The summed E-state index contributed by atoms with van der Waals surface area (Å²) < 4.78 is 0. The highest BCUT2D eigenvalue weighted by atomic mass is 16.4. The Morgan fingerprint density at radius 3 is 2.07 bits per heavy atom. The standard InChI is InChI=1S/C11H21NO3/c1-7(2)8(3)5-10(13)12-9(4)6-11(14)15/h7-9H,5-6H2,1-4H3,(H,12,13)(H,14,15). The van der Waals surface area contributed by atoms with Crippen LogP contribution in [0.25, 0.3) is 0 Å². The van der Waals surface area contributed by atoms with Gasteiger partial charge < -0.3 is 10.4 Å². The van der Waals surface area contributed by atoms with Crippen LogP contribution in [0.5, 0.6) is 0 Å². The van der Waals surface area contributed by atoms with Crippen LogP contribution in [0.2, 0.25) is 0 Å². The summed E-state index contributed by atoms with van der Waals surface area (Å²) in [5.74, 6) is -0.169. The zero-order valence-corrected chi connectivity index (χ0v) is 9.91. The number of nitrogens with one attached hydrogen (secondary N) is 1. The molecular formula is C11H21NO3. The molecule has 2 unspecified atom stereocenters. The molecule has 0 saturated heterocycles. The molecule has 4 heteroatoms. The topological polar surface area (TPSA) is 66.4 Å². The number of carboxylic acids is 1. The van der Waals surface area contributed by atoms with Crippen LogP contribution in [0.4, 0.5) is 0 Å². The summed E-state index contributed by atoms with van der Waals surface area (Å²) in [4.78, 5) is 21.8. The molecular weight excluding hydrogens is 194 g/mol. The lowest BCUT2D eigenvalue weighted by molar-refractivity contribution is -0.137. The van der Waals surface area contributed by atoms with Crippen LogP contribution in [0.3, 0.4) is 0 Å². The normalized spacial score (nSPS) is 14.7. The van der Waals surface area contributed by atoms with Gasteiger partial charge in [-0.3, -0.25) is 9.59 Å². The second-order valence-corrected chi connectivity index (χ2v) is 4.49. The van der Waals surface area contributed by atoms with Crippen LogP contribution in [0, 0.1) is 11.8 Å². The van der Waals surface area contributed by atoms with Crippen LogP contribution in [0.1, 0.15) is 40.5 Å². The molecule has 0 saturated carbocycles. The molecule has 88 valence electrons. The first kappa shape index (κ1) is 13.9. The number of carbonyl (C=O) groups is 2. The monoisotopic (exact) mass is 215 g/mol. The molecule has 2 N–H and O–H groups in total. The number of carbonyl (C=O) groups excluding carboxylic acids is 1. The molecule has 0 aliphatic rings. The molecule has 0 bridgehead atoms. The highest BCUT2D eigenvalue weighted by molar-refractivity contribution is 5.77. The van der Waals surface area contributed by atoms with Gasteiger partial charge in [-0.1, -0.05) is 20.8 Å². The van der Waals surface area contributed by atoms with E-state index in [2.05, 4.69) is 19.2 Å². The van der Waals surface area contributed by atoms with Gasteiger partial charge in [0, 0.05) is 12.5 Å². The van der Waals surface area contributed by atoms with Crippen LogP contribution >= 0.6 is 0 Å². The average Bonchev–Trinajstić information content (AvgIpc) is 2.00. The van der Waals surface area contributed by atoms with Crippen molar-refractivity contribution in [2.45, 2.75) is 46.6 Å². The Kier molecular flexibility index (Phi) is 5.97.